The number of anilines is 2. The first kappa shape index (κ1) is 15.5. The van der Waals surface area contributed by atoms with Crippen molar-refractivity contribution in [3.63, 3.8) is 0 Å². The van der Waals surface area contributed by atoms with Crippen LogP contribution in [0.4, 0.5) is 15.9 Å². The van der Waals surface area contributed by atoms with E-state index in [1.807, 2.05) is 25.1 Å². The van der Waals surface area contributed by atoms with Crippen molar-refractivity contribution in [1.29, 1.82) is 0 Å². The van der Waals surface area contributed by atoms with Gasteiger partial charge >= 0.3 is 0 Å². The van der Waals surface area contributed by atoms with Crippen molar-refractivity contribution in [3.8, 4) is 11.4 Å². The summed E-state index contributed by atoms with van der Waals surface area (Å²) in [4.78, 5) is 16.3. The van der Waals surface area contributed by atoms with Crippen molar-refractivity contribution in [3.05, 3.63) is 65.3 Å². The fourth-order valence-corrected chi connectivity index (χ4v) is 2.93. The summed E-state index contributed by atoms with van der Waals surface area (Å²) in [7, 11) is 0. The van der Waals surface area contributed by atoms with Crippen LogP contribution in [0.15, 0.2) is 48.9 Å². The summed E-state index contributed by atoms with van der Waals surface area (Å²) in [5, 5.41) is 4.08. The Balaban J connectivity index is 1.82. The summed E-state index contributed by atoms with van der Waals surface area (Å²) in [6, 6.07) is 10.2. The average molecular weight is 354 g/mol. The minimum atomic E-state index is -0.463. The lowest BCUT2D eigenvalue weighted by molar-refractivity contribution is 0.628. The van der Waals surface area contributed by atoms with Gasteiger partial charge in [-0.3, -0.25) is 4.98 Å². The molecule has 7 heteroatoms. The Morgan fingerprint density at radius 1 is 1.12 bits per heavy atom. The van der Waals surface area contributed by atoms with Crippen molar-refractivity contribution in [1.82, 2.24) is 19.9 Å². The molecule has 4 rings (SSSR count). The second-order valence-electron chi connectivity index (χ2n) is 5.54. The molecule has 2 N–H and O–H groups in total. The second-order valence-corrected chi connectivity index (χ2v) is 5.95. The van der Waals surface area contributed by atoms with Gasteiger partial charge in [-0.2, -0.15) is 0 Å². The van der Waals surface area contributed by atoms with Crippen LogP contribution < -0.4 is 5.32 Å². The molecule has 0 saturated heterocycles. The molecule has 0 aliphatic heterocycles. The van der Waals surface area contributed by atoms with Crippen molar-refractivity contribution in [2.75, 3.05) is 5.32 Å². The van der Waals surface area contributed by atoms with Crippen molar-refractivity contribution in [2.24, 2.45) is 0 Å². The molecule has 124 valence electrons. The number of nitrogens with one attached hydrogen (secondary N) is 2. The zero-order chi connectivity index (χ0) is 17.4. The van der Waals surface area contributed by atoms with Gasteiger partial charge in [0.2, 0.25) is 0 Å². The summed E-state index contributed by atoms with van der Waals surface area (Å²) >= 11 is 5.85. The highest BCUT2D eigenvalue weighted by Gasteiger charge is 2.15. The number of aromatic amines is 1. The van der Waals surface area contributed by atoms with Crippen LogP contribution in [-0.4, -0.2) is 19.9 Å². The van der Waals surface area contributed by atoms with Gasteiger partial charge in [-0.1, -0.05) is 17.7 Å². The Labute approximate surface area is 147 Å². The third kappa shape index (κ3) is 2.81. The molecule has 0 saturated carbocycles. The fourth-order valence-electron chi connectivity index (χ4n) is 2.74. The number of benzene rings is 1. The summed E-state index contributed by atoms with van der Waals surface area (Å²) in [5.41, 5.74) is 4.03. The molecular weight excluding hydrogens is 341 g/mol. The number of nitrogens with zero attached hydrogens (tertiary/aromatic N) is 3. The molecule has 4 aromatic rings. The van der Waals surface area contributed by atoms with Gasteiger partial charge in [-0.15, -0.1) is 0 Å². The molecule has 0 aliphatic rings. The third-order valence-corrected chi connectivity index (χ3v) is 4.23. The van der Waals surface area contributed by atoms with Crippen LogP contribution in [-0.2, 0) is 0 Å². The van der Waals surface area contributed by atoms with E-state index < -0.39 is 5.82 Å². The van der Waals surface area contributed by atoms with E-state index in [1.165, 1.54) is 18.5 Å². The van der Waals surface area contributed by atoms with Gasteiger partial charge in [0.1, 0.15) is 23.6 Å². The lowest BCUT2D eigenvalue weighted by Gasteiger charge is -2.08. The quantitative estimate of drug-likeness (QED) is 0.551. The van der Waals surface area contributed by atoms with Gasteiger partial charge < -0.3 is 10.3 Å². The maximum absolute atomic E-state index is 13.3. The van der Waals surface area contributed by atoms with E-state index in [-0.39, 0.29) is 5.02 Å². The first-order valence-corrected chi connectivity index (χ1v) is 7.98. The summed E-state index contributed by atoms with van der Waals surface area (Å²) in [6.07, 6.45) is 3.21. The van der Waals surface area contributed by atoms with Crippen molar-refractivity contribution in [2.45, 2.75) is 6.92 Å². The molecule has 25 heavy (non-hydrogen) atoms. The standard InChI is InChI=1S/C18H13ClFN5/c1-10-15-17(24-11-5-6-13(20)12(19)8-11)22-9-23-18(15)25-16(10)14-4-2-3-7-21-14/h2-9H,1H3,(H2,22,23,24,25). The summed E-state index contributed by atoms with van der Waals surface area (Å²) < 4.78 is 13.3. The van der Waals surface area contributed by atoms with Crippen LogP contribution in [0.25, 0.3) is 22.4 Å². The number of fused-ring (bicyclic) bond motifs is 1. The average Bonchev–Trinajstić information content (AvgIpc) is 2.97. The maximum Gasteiger partial charge on any atom is 0.143 e. The predicted molar refractivity (Wildman–Crippen MR) is 96.5 cm³/mol. The summed E-state index contributed by atoms with van der Waals surface area (Å²) in [5.74, 6) is 0.152. The first-order chi connectivity index (χ1) is 12.1. The van der Waals surface area contributed by atoms with Crippen LogP contribution in [0.5, 0.6) is 0 Å². The smallest absolute Gasteiger partial charge is 0.143 e. The molecule has 1 aromatic carbocycles. The van der Waals surface area contributed by atoms with Crippen LogP contribution in [0.1, 0.15) is 5.56 Å². The molecule has 0 fully saturated rings. The van der Waals surface area contributed by atoms with Gasteiger partial charge in [0, 0.05) is 11.9 Å². The molecule has 3 aromatic heterocycles. The highest BCUT2D eigenvalue weighted by atomic mass is 35.5. The van der Waals surface area contributed by atoms with Gasteiger partial charge in [-0.25, -0.2) is 14.4 Å². The molecular formula is C18H13ClFN5. The number of hydrogen-bond donors (Lipinski definition) is 2. The highest BCUT2D eigenvalue weighted by molar-refractivity contribution is 6.31. The van der Waals surface area contributed by atoms with Crippen molar-refractivity contribution >= 4 is 34.1 Å². The lowest BCUT2D eigenvalue weighted by Crippen LogP contribution is -1.96. The van der Waals surface area contributed by atoms with E-state index in [1.54, 1.807) is 12.3 Å². The maximum atomic E-state index is 13.3. The first-order valence-electron chi connectivity index (χ1n) is 7.60. The Morgan fingerprint density at radius 3 is 2.76 bits per heavy atom. The number of aryl methyl sites for hydroxylation is 1. The Kier molecular flexibility index (Phi) is 3.82. The minimum absolute atomic E-state index is 0.0512. The van der Waals surface area contributed by atoms with Gasteiger partial charge in [-0.05, 0) is 42.8 Å². The summed E-state index contributed by atoms with van der Waals surface area (Å²) in [6.45, 7) is 1.98. The zero-order valence-electron chi connectivity index (χ0n) is 13.2. The molecule has 0 unspecified atom stereocenters. The van der Waals surface area contributed by atoms with Crippen LogP contribution in [0.2, 0.25) is 5.02 Å². The van der Waals surface area contributed by atoms with E-state index in [0.29, 0.717) is 17.2 Å². The zero-order valence-corrected chi connectivity index (χ0v) is 14.0. The highest BCUT2D eigenvalue weighted by Crippen LogP contribution is 2.32. The topological polar surface area (TPSA) is 66.5 Å². The van der Waals surface area contributed by atoms with E-state index in [4.69, 9.17) is 11.6 Å². The SMILES string of the molecule is Cc1c(-c2ccccn2)[nH]c2ncnc(Nc3ccc(F)c(Cl)c3)c12. The van der Waals surface area contributed by atoms with E-state index >= 15 is 0 Å². The number of aromatic nitrogens is 4. The van der Waals surface area contributed by atoms with Crippen LogP contribution in [0, 0.1) is 12.7 Å². The monoisotopic (exact) mass is 353 g/mol. The Hall–Kier alpha value is -2.99. The van der Waals surface area contributed by atoms with Gasteiger partial charge in [0.15, 0.2) is 0 Å². The number of halogens is 2. The fraction of sp³-hybridized carbons (Fsp3) is 0.0556. The lowest BCUT2D eigenvalue weighted by atomic mass is 10.1. The molecule has 0 radical (unpaired) electrons. The Morgan fingerprint density at radius 2 is 2.00 bits per heavy atom. The molecule has 5 nitrogen and oxygen atoms in total. The molecule has 0 bridgehead atoms. The van der Waals surface area contributed by atoms with Crippen molar-refractivity contribution < 1.29 is 4.39 Å². The minimum Gasteiger partial charge on any atom is -0.340 e. The Bertz CT molecular complexity index is 1060. The third-order valence-electron chi connectivity index (χ3n) is 3.94. The van der Waals surface area contributed by atoms with E-state index in [9.17, 15) is 4.39 Å². The molecule has 0 aliphatic carbocycles. The van der Waals surface area contributed by atoms with Gasteiger partial charge in [0.25, 0.3) is 0 Å². The largest absolute Gasteiger partial charge is 0.340 e. The van der Waals surface area contributed by atoms with Gasteiger partial charge in [0.05, 0.1) is 21.8 Å². The number of hydrogen-bond acceptors (Lipinski definition) is 4. The normalized spacial score (nSPS) is 11.0. The predicted octanol–water partition coefficient (Wildman–Crippen LogP) is 4.86. The molecule has 0 spiro atoms. The molecule has 3 heterocycles. The van der Waals surface area contributed by atoms with E-state index in [2.05, 4.69) is 25.3 Å². The molecule has 0 amide bonds. The molecule has 0 atom stereocenters. The van der Waals surface area contributed by atoms with Crippen LogP contribution >= 0.6 is 11.6 Å². The van der Waals surface area contributed by atoms with Crippen LogP contribution in [0.3, 0.4) is 0 Å². The number of pyridine rings is 1. The second kappa shape index (κ2) is 6.14. The number of rotatable bonds is 3. The van der Waals surface area contributed by atoms with E-state index in [0.717, 1.165) is 22.3 Å². The number of H-pyrrole nitrogens is 1.